The van der Waals surface area contributed by atoms with Crippen molar-refractivity contribution in [3.63, 3.8) is 0 Å². The van der Waals surface area contributed by atoms with Gasteiger partial charge < -0.3 is 10.2 Å². The second-order valence-electron chi connectivity index (χ2n) is 6.74. The fourth-order valence-electron chi connectivity index (χ4n) is 3.45. The van der Waals surface area contributed by atoms with Gasteiger partial charge in [-0.1, -0.05) is 18.9 Å². The molecule has 2 aliphatic rings. The number of amides is 1. The molecular weight excluding hydrogens is 374 g/mol. The molecule has 1 amide bonds. The molecule has 0 bridgehead atoms. The molecule has 2 aliphatic heterocycles. The van der Waals surface area contributed by atoms with Crippen molar-refractivity contribution in [2.24, 2.45) is 0 Å². The summed E-state index contributed by atoms with van der Waals surface area (Å²) in [6.07, 6.45) is 4.87. The van der Waals surface area contributed by atoms with Crippen LogP contribution < -0.4 is 5.32 Å². The third-order valence-corrected chi connectivity index (χ3v) is 6.81. The van der Waals surface area contributed by atoms with Crippen molar-refractivity contribution in [3.8, 4) is 0 Å². The third-order valence-electron chi connectivity index (χ3n) is 4.91. The van der Waals surface area contributed by atoms with Crippen LogP contribution in [0.5, 0.6) is 0 Å². The van der Waals surface area contributed by atoms with Crippen molar-refractivity contribution in [2.45, 2.75) is 37.0 Å². The van der Waals surface area contributed by atoms with Gasteiger partial charge in [0.15, 0.2) is 0 Å². The van der Waals surface area contributed by atoms with Crippen LogP contribution in [0, 0.1) is 0 Å². The predicted octanol–water partition coefficient (Wildman–Crippen LogP) is 2.11. The van der Waals surface area contributed by atoms with Gasteiger partial charge in [0.1, 0.15) is 0 Å². The Balaban J connectivity index is 0.00000243. The largest absolute Gasteiger partial charge is 0.337 e. The molecule has 0 atom stereocenters. The molecule has 8 heteroatoms. The Labute approximate surface area is 162 Å². The van der Waals surface area contributed by atoms with E-state index in [0.29, 0.717) is 31.7 Å². The Morgan fingerprint density at radius 1 is 0.923 bits per heavy atom. The lowest BCUT2D eigenvalue weighted by molar-refractivity contribution is 0.0766. The maximum absolute atomic E-state index is 12.9. The summed E-state index contributed by atoms with van der Waals surface area (Å²) < 4.78 is 27.4. The van der Waals surface area contributed by atoms with Gasteiger partial charge in [-0.3, -0.25) is 4.79 Å². The van der Waals surface area contributed by atoms with Crippen molar-refractivity contribution in [2.75, 3.05) is 39.3 Å². The van der Waals surface area contributed by atoms with Crippen LogP contribution in [0.25, 0.3) is 0 Å². The number of rotatable bonds is 3. The quantitative estimate of drug-likeness (QED) is 0.842. The lowest BCUT2D eigenvalue weighted by Gasteiger charge is -2.22. The Hall–Kier alpha value is -1.15. The number of sulfonamides is 1. The Bertz CT molecular complexity index is 695. The highest BCUT2D eigenvalue weighted by Crippen LogP contribution is 2.21. The number of benzene rings is 1. The van der Waals surface area contributed by atoms with Crippen LogP contribution in [-0.4, -0.2) is 62.8 Å². The van der Waals surface area contributed by atoms with Crippen molar-refractivity contribution >= 4 is 28.3 Å². The maximum atomic E-state index is 12.9. The summed E-state index contributed by atoms with van der Waals surface area (Å²) in [7, 11) is -3.53. The van der Waals surface area contributed by atoms with Crippen LogP contribution in [0.1, 0.15) is 42.5 Å². The van der Waals surface area contributed by atoms with Crippen LogP contribution in [0.3, 0.4) is 0 Å². The molecule has 6 nitrogen and oxygen atoms in total. The summed E-state index contributed by atoms with van der Waals surface area (Å²) in [5.41, 5.74) is 0.456. The second kappa shape index (κ2) is 9.69. The first kappa shape index (κ1) is 21.2. The SMILES string of the molecule is Cl.O=C(c1cccc(S(=O)(=O)N2CCCCCC2)c1)N1CCCNCC1. The zero-order valence-corrected chi connectivity index (χ0v) is 16.7. The molecule has 0 saturated carbocycles. The number of carbonyl (C=O) groups is 1. The maximum Gasteiger partial charge on any atom is 0.253 e. The van der Waals surface area contributed by atoms with Crippen molar-refractivity contribution < 1.29 is 13.2 Å². The van der Waals surface area contributed by atoms with Gasteiger partial charge in [0.05, 0.1) is 4.90 Å². The molecule has 0 spiro atoms. The monoisotopic (exact) mass is 401 g/mol. The molecule has 2 saturated heterocycles. The molecule has 1 aromatic rings. The fraction of sp³-hybridized carbons (Fsp3) is 0.611. The number of carbonyl (C=O) groups excluding carboxylic acids is 1. The summed E-state index contributed by atoms with van der Waals surface area (Å²) >= 11 is 0. The highest BCUT2D eigenvalue weighted by atomic mass is 35.5. The van der Waals surface area contributed by atoms with Crippen molar-refractivity contribution in [1.29, 1.82) is 0 Å². The molecule has 26 heavy (non-hydrogen) atoms. The molecule has 0 unspecified atom stereocenters. The number of hydrogen-bond donors (Lipinski definition) is 1. The van der Waals surface area contributed by atoms with Gasteiger partial charge in [-0.2, -0.15) is 4.31 Å². The van der Waals surface area contributed by atoms with E-state index >= 15 is 0 Å². The number of nitrogens with one attached hydrogen (secondary N) is 1. The molecule has 1 aromatic carbocycles. The standard InChI is InChI=1S/C18H27N3O3S.ClH/c22-18(20-11-6-9-19-10-14-20)16-7-5-8-17(15-16)25(23,24)21-12-3-1-2-4-13-21;/h5,7-8,15,19H,1-4,6,9-14H2;1H. The molecule has 1 N–H and O–H groups in total. The van der Waals surface area contributed by atoms with E-state index in [9.17, 15) is 13.2 Å². The molecule has 3 rings (SSSR count). The second-order valence-corrected chi connectivity index (χ2v) is 8.68. The van der Waals surface area contributed by atoms with Gasteiger partial charge in [0.25, 0.3) is 5.91 Å². The normalized spacial score (nSPS) is 19.9. The Morgan fingerprint density at radius 2 is 1.65 bits per heavy atom. The minimum Gasteiger partial charge on any atom is -0.337 e. The first-order valence-electron chi connectivity index (χ1n) is 9.19. The highest BCUT2D eigenvalue weighted by molar-refractivity contribution is 7.89. The number of nitrogens with zero attached hydrogens (tertiary/aromatic N) is 2. The molecule has 0 aliphatic carbocycles. The number of halogens is 1. The fourth-order valence-corrected chi connectivity index (χ4v) is 5.02. The van der Waals surface area contributed by atoms with Gasteiger partial charge in [0, 0.05) is 38.3 Å². The zero-order chi connectivity index (χ0) is 17.7. The molecule has 0 radical (unpaired) electrons. The smallest absolute Gasteiger partial charge is 0.253 e. The minimum absolute atomic E-state index is 0. The molecular formula is C18H28ClN3O3S. The van der Waals surface area contributed by atoms with Crippen LogP contribution in [0.15, 0.2) is 29.2 Å². The van der Waals surface area contributed by atoms with E-state index in [1.54, 1.807) is 33.5 Å². The first-order valence-corrected chi connectivity index (χ1v) is 10.6. The van der Waals surface area contributed by atoms with Crippen LogP contribution in [0.4, 0.5) is 0 Å². The van der Waals surface area contributed by atoms with E-state index in [0.717, 1.165) is 45.2 Å². The lowest BCUT2D eigenvalue weighted by Crippen LogP contribution is -2.35. The summed E-state index contributed by atoms with van der Waals surface area (Å²) in [4.78, 5) is 14.8. The van der Waals surface area contributed by atoms with Gasteiger partial charge in [-0.05, 0) is 44.0 Å². The minimum atomic E-state index is -3.53. The van der Waals surface area contributed by atoms with E-state index < -0.39 is 10.0 Å². The van der Waals surface area contributed by atoms with E-state index in [4.69, 9.17) is 0 Å². The third kappa shape index (κ3) is 4.97. The zero-order valence-electron chi connectivity index (χ0n) is 15.0. The average molecular weight is 402 g/mol. The molecule has 0 aromatic heterocycles. The Kier molecular flexibility index (Phi) is 7.88. The Morgan fingerprint density at radius 3 is 2.38 bits per heavy atom. The molecule has 146 valence electrons. The molecule has 2 heterocycles. The average Bonchev–Trinajstić information content (AvgIpc) is 3.06. The highest BCUT2D eigenvalue weighted by Gasteiger charge is 2.26. The van der Waals surface area contributed by atoms with Gasteiger partial charge in [0.2, 0.25) is 10.0 Å². The van der Waals surface area contributed by atoms with Gasteiger partial charge in [-0.15, -0.1) is 12.4 Å². The topological polar surface area (TPSA) is 69.7 Å². The summed E-state index contributed by atoms with van der Waals surface area (Å²) in [6, 6.07) is 6.53. The van der Waals surface area contributed by atoms with Crippen molar-refractivity contribution in [1.82, 2.24) is 14.5 Å². The van der Waals surface area contributed by atoms with E-state index in [1.807, 2.05) is 0 Å². The summed E-state index contributed by atoms with van der Waals surface area (Å²) in [5, 5.41) is 3.27. The number of hydrogen-bond acceptors (Lipinski definition) is 4. The van der Waals surface area contributed by atoms with Crippen molar-refractivity contribution in [3.05, 3.63) is 29.8 Å². The van der Waals surface area contributed by atoms with E-state index in [-0.39, 0.29) is 23.2 Å². The molecule has 2 fully saturated rings. The van der Waals surface area contributed by atoms with Crippen LogP contribution in [0.2, 0.25) is 0 Å². The lowest BCUT2D eigenvalue weighted by atomic mass is 10.2. The summed E-state index contributed by atoms with van der Waals surface area (Å²) in [5.74, 6) is -0.0865. The summed E-state index contributed by atoms with van der Waals surface area (Å²) in [6.45, 7) is 4.18. The van der Waals surface area contributed by atoms with Gasteiger partial charge >= 0.3 is 0 Å². The van der Waals surface area contributed by atoms with Crippen LogP contribution in [-0.2, 0) is 10.0 Å². The van der Waals surface area contributed by atoms with Crippen LogP contribution >= 0.6 is 12.4 Å². The predicted molar refractivity (Wildman–Crippen MR) is 104 cm³/mol. The van der Waals surface area contributed by atoms with E-state index in [2.05, 4.69) is 5.32 Å². The van der Waals surface area contributed by atoms with Gasteiger partial charge in [-0.25, -0.2) is 8.42 Å². The first-order chi connectivity index (χ1) is 12.1. The van der Waals surface area contributed by atoms with E-state index in [1.165, 1.54) is 0 Å².